The van der Waals surface area contributed by atoms with Gasteiger partial charge in [-0.25, -0.2) is 4.98 Å². The number of hydrogen-bond acceptors (Lipinski definition) is 4. The van der Waals surface area contributed by atoms with E-state index in [-0.39, 0.29) is 30.1 Å². The zero-order chi connectivity index (χ0) is 14.1. The molecule has 1 aliphatic rings. The van der Waals surface area contributed by atoms with Crippen molar-refractivity contribution in [2.75, 3.05) is 0 Å². The zero-order valence-corrected chi connectivity index (χ0v) is 12.8. The fourth-order valence-electron chi connectivity index (χ4n) is 2.50. The molecule has 0 spiro atoms. The molecule has 3 rings (SSSR count). The van der Waals surface area contributed by atoms with Crippen molar-refractivity contribution >= 4 is 39.1 Å². The largest absolute Gasteiger partial charge is 0.296 e. The van der Waals surface area contributed by atoms with E-state index >= 15 is 0 Å². The smallest absolute Gasteiger partial charge is 0.234 e. The van der Waals surface area contributed by atoms with Gasteiger partial charge in [-0.2, -0.15) is 0 Å². The maximum atomic E-state index is 12.2. The van der Waals surface area contributed by atoms with E-state index < -0.39 is 0 Å². The van der Waals surface area contributed by atoms with Gasteiger partial charge >= 0.3 is 0 Å². The van der Waals surface area contributed by atoms with Gasteiger partial charge in [-0.15, -0.1) is 11.3 Å². The molecule has 0 radical (unpaired) electrons. The number of aromatic nitrogens is 1. The van der Waals surface area contributed by atoms with Crippen LogP contribution in [0, 0.1) is 0 Å². The highest BCUT2D eigenvalue weighted by Gasteiger charge is 2.38. The molecule has 2 heterocycles. The van der Waals surface area contributed by atoms with Crippen molar-refractivity contribution < 1.29 is 9.59 Å². The van der Waals surface area contributed by atoms with Crippen molar-refractivity contribution in [2.24, 2.45) is 0 Å². The van der Waals surface area contributed by atoms with Gasteiger partial charge in [0.25, 0.3) is 0 Å². The molecule has 2 unspecified atom stereocenters. The highest BCUT2D eigenvalue weighted by atomic mass is 79.9. The van der Waals surface area contributed by atoms with E-state index in [1.807, 2.05) is 29.6 Å². The molecule has 2 aromatic rings. The average molecular weight is 351 g/mol. The number of piperidine rings is 1. The van der Waals surface area contributed by atoms with Crippen LogP contribution in [0.25, 0.3) is 0 Å². The van der Waals surface area contributed by atoms with Crippen molar-refractivity contribution in [3.63, 3.8) is 0 Å². The molecule has 1 aromatic heterocycles. The first kappa shape index (κ1) is 13.5. The topological polar surface area (TPSA) is 59.1 Å². The first-order valence-corrected chi connectivity index (χ1v) is 7.86. The third-order valence-electron chi connectivity index (χ3n) is 3.41. The number of amides is 2. The average Bonchev–Trinajstić information content (AvgIpc) is 2.93. The minimum Gasteiger partial charge on any atom is -0.296 e. The standard InChI is InChI=1S/C14H11BrN2O2S/c15-9-3-1-8(2-4-9)13-10(11-6-20-7-16-11)5-12(18)17-14(13)19/h1-4,6-7,10,13H,5H2,(H,17,18,19). The van der Waals surface area contributed by atoms with Crippen LogP contribution in [0.4, 0.5) is 0 Å². The summed E-state index contributed by atoms with van der Waals surface area (Å²) in [5.74, 6) is -1.05. The Labute approximate surface area is 128 Å². The Morgan fingerprint density at radius 3 is 2.65 bits per heavy atom. The van der Waals surface area contributed by atoms with Crippen molar-refractivity contribution in [1.29, 1.82) is 0 Å². The quantitative estimate of drug-likeness (QED) is 0.847. The summed E-state index contributed by atoms with van der Waals surface area (Å²) in [6.45, 7) is 0. The van der Waals surface area contributed by atoms with E-state index in [1.54, 1.807) is 5.51 Å². The molecule has 1 N–H and O–H groups in total. The number of halogens is 1. The van der Waals surface area contributed by atoms with Crippen LogP contribution in [0.2, 0.25) is 0 Å². The van der Waals surface area contributed by atoms with E-state index in [9.17, 15) is 9.59 Å². The molecule has 1 saturated heterocycles. The first-order valence-electron chi connectivity index (χ1n) is 6.12. The van der Waals surface area contributed by atoms with Gasteiger partial charge in [-0.3, -0.25) is 14.9 Å². The molecular formula is C14H11BrN2O2S. The van der Waals surface area contributed by atoms with Crippen molar-refractivity contribution in [3.8, 4) is 0 Å². The minimum atomic E-state index is -0.372. The lowest BCUT2D eigenvalue weighted by atomic mass is 9.79. The van der Waals surface area contributed by atoms with Crippen molar-refractivity contribution in [1.82, 2.24) is 10.3 Å². The maximum Gasteiger partial charge on any atom is 0.234 e. The van der Waals surface area contributed by atoms with Gasteiger partial charge in [0.05, 0.1) is 17.1 Å². The summed E-state index contributed by atoms with van der Waals surface area (Å²) in [4.78, 5) is 28.2. The Morgan fingerprint density at radius 2 is 2.00 bits per heavy atom. The van der Waals surface area contributed by atoms with Gasteiger partial charge in [-0.1, -0.05) is 28.1 Å². The number of carbonyl (C=O) groups is 2. The number of nitrogens with zero attached hydrogens (tertiary/aromatic N) is 1. The van der Waals surface area contributed by atoms with Gasteiger partial charge in [-0.05, 0) is 17.7 Å². The van der Waals surface area contributed by atoms with Crippen LogP contribution in [0.3, 0.4) is 0 Å². The molecule has 2 atom stereocenters. The predicted octanol–water partition coefficient (Wildman–Crippen LogP) is 2.82. The Kier molecular flexibility index (Phi) is 3.67. The summed E-state index contributed by atoms with van der Waals surface area (Å²) in [6.07, 6.45) is 0.288. The number of rotatable bonds is 2. The summed E-state index contributed by atoms with van der Waals surface area (Å²) >= 11 is 4.86. The molecular weight excluding hydrogens is 340 g/mol. The lowest BCUT2D eigenvalue weighted by Crippen LogP contribution is -2.43. The Hall–Kier alpha value is -1.53. The third kappa shape index (κ3) is 2.53. The number of hydrogen-bond donors (Lipinski definition) is 1. The first-order chi connectivity index (χ1) is 9.65. The van der Waals surface area contributed by atoms with Crippen LogP contribution in [-0.2, 0) is 9.59 Å². The maximum absolute atomic E-state index is 12.2. The number of benzene rings is 1. The van der Waals surface area contributed by atoms with Crippen LogP contribution in [0.1, 0.15) is 29.5 Å². The normalized spacial score (nSPS) is 22.6. The fraction of sp³-hybridized carbons (Fsp3) is 0.214. The monoisotopic (exact) mass is 350 g/mol. The van der Waals surface area contributed by atoms with Gasteiger partial charge in [0, 0.05) is 22.2 Å². The summed E-state index contributed by atoms with van der Waals surface area (Å²) in [6, 6.07) is 7.61. The van der Waals surface area contributed by atoms with E-state index in [4.69, 9.17) is 0 Å². The molecule has 1 aromatic carbocycles. The minimum absolute atomic E-state index is 0.191. The number of nitrogens with one attached hydrogen (secondary N) is 1. The van der Waals surface area contributed by atoms with Crippen molar-refractivity contribution in [3.05, 3.63) is 50.9 Å². The van der Waals surface area contributed by atoms with Crippen LogP contribution < -0.4 is 5.32 Å². The fourth-order valence-corrected chi connectivity index (χ4v) is 3.38. The SMILES string of the molecule is O=C1CC(c2cscn2)C(c2ccc(Br)cc2)C(=O)N1. The van der Waals surface area contributed by atoms with E-state index in [0.717, 1.165) is 15.7 Å². The lowest BCUT2D eigenvalue weighted by Gasteiger charge is -2.29. The summed E-state index contributed by atoms with van der Waals surface area (Å²) < 4.78 is 0.957. The summed E-state index contributed by atoms with van der Waals surface area (Å²) in [5, 5.41) is 4.33. The van der Waals surface area contributed by atoms with Gasteiger partial charge < -0.3 is 0 Å². The van der Waals surface area contributed by atoms with E-state index in [0.29, 0.717) is 0 Å². The Balaban J connectivity index is 2.01. The molecule has 6 heteroatoms. The summed E-state index contributed by atoms with van der Waals surface area (Å²) in [7, 11) is 0. The molecule has 1 fully saturated rings. The molecule has 2 amide bonds. The molecule has 1 aliphatic heterocycles. The molecule has 0 aliphatic carbocycles. The third-order valence-corrected chi connectivity index (χ3v) is 4.55. The zero-order valence-electron chi connectivity index (χ0n) is 10.4. The van der Waals surface area contributed by atoms with Gasteiger partial charge in [0.15, 0.2) is 0 Å². The Bertz CT molecular complexity index is 640. The predicted molar refractivity (Wildman–Crippen MR) is 79.5 cm³/mol. The van der Waals surface area contributed by atoms with Gasteiger partial charge in [0.2, 0.25) is 11.8 Å². The van der Waals surface area contributed by atoms with Crippen LogP contribution in [0.5, 0.6) is 0 Å². The molecule has 102 valence electrons. The molecule has 4 nitrogen and oxygen atoms in total. The van der Waals surface area contributed by atoms with E-state index in [2.05, 4.69) is 26.2 Å². The van der Waals surface area contributed by atoms with Crippen molar-refractivity contribution in [2.45, 2.75) is 18.3 Å². The second-order valence-corrected chi connectivity index (χ2v) is 6.30. The van der Waals surface area contributed by atoms with Gasteiger partial charge in [0.1, 0.15) is 0 Å². The highest BCUT2D eigenvalue weighted by molar-refractivity contribution is 9.10. The van der Waals surface area contributed by atoms with Crippen LogP contribution in [-0.4, -0.2) is 16.8 Å². The Morgan fingerprint density at radius 1 is 1.25 bits per heavy atom. The van der Waals surface area contributed by atoms with E-state index in [1.165, 1.54) is 11.3 Å². The number of carbonyl (C=O) groups excluding carboxylic acids is 2. The van der Waals surface area contributed by atoms with Crippen LogP contribution in [0.15, 0.2) is 39.6 Å². The number of thiazole rings is 1. The van der Waals surface area contributed by atoms with Crippen LogP contribution >= 0.6 is 27.3 Å². The molecule has 0 bridgehead atoms. The highest BCUT2D eigenvalue weighted by Crippen LogP contribution is 2.38. The summed E-state index contributed by atoms with van der Waals surface area (Å²) in [5.41, 5.74) is 3.44. The number of imide groups is 1. The second-order valence-electron chi connectivity index (χ2n) is 4.67. The second kappa shape index (κ2) is 5.46. The molecule has 0 saturated carbocycles. The lowest BCUT2D eigenvalue weighted by molar-refractivity contribution is -0.135. The molecule has 20 heavy (non-hydrogen) atoms.